The van der Waals surface area contributed by atoms with Crippen LogP contribution in [0.3, 0.4) is 0 Å². The molecule has 0 radical (unpaired) electrons. The van der Waals surface area contributed by atoms with Gasteiger partial charge < -0.3 is 19.5 Å². The summed E-state index contributed by atoms with van der Waals surface area (Å²) in [4.78, 5) is 0. The summed E-state index contributed by atoms with van der Waals surface area (Å²) in [6.45, 7) is 2.12. The number of rotatable bonds is 7. The topological polar surface area (TPSA) is 39.7 Å². The maximum absolute atomic E-state index is 6.14. The maximum Gasteiger partial charge on any atom is 0.162 e. The lowest BCUT2D eigenvalue weighted by Crippen LogP contribution is -2.18. The molecule has 0 aliphatic rings. The van der Waals surface area contributed by atoms with Gasteiger partial charge in [0.05, 0.1) is 20.8 Å². The highest BCUT2D eigenvalue weighted by Crippen LogP contribution is 2.32. The van der Waals surface area contributed by atoms with Crippen molar-refractivity contribution < 1.29 is 14.2 Å². The molecule has 4 nitrogen and oxygen atoms in total. The number of halogens is 1. The lowest BCUT2D eigenvalue weighted by Gasteiger charge is -2.12. The monoisotopic (exact) mass is 259 g/mol. The summed E-state index contributed by atoms with van der Waals surface area (Å²) >= 11 is 6.14. The van der Waals surface area contributed by atoms with E-state index in [0.717, 1.165) is 12.1 Å². The van der Waals surface area contributed by atoms with E-state index in [-0.39, 0.29) is 0 Å². The van der Waals surface area contributed by atoms with Gasteiger partial charge in [0.15, 0.2) is 11.5 Å². The smallest absolute Gasteiger partial charge is 0.162 e. The van der Waals surface area contributed by atoms with Gasteiger partial charge in [-0.15, -0.1) is 0 Å². The third-order valence-electron chi connectivity index (χ3n) is 2.35. The second-order valence-corrected chi connectivity index (χ2v) is 3.88. The minimum Gasteiger partial charge on any atom is -0.493 e. The molecule has 0 aromatic heterocycles. The number of benzene rings is 1. The largest absolute Gasteiger partial charge is 0.493 e. The van der Waals surface area contributed by atoms with E-state index < -0.39 is 0 Å². The number of hydrogen-bond donors (Lipinski definition) is 1. The van der Waals surface area contributed by atoms with E-state index in [1.54, 1.807) is 27.4 Å². The molecule has 0 amide bonds. The molecule has 0 aliphatic heterocycles. The molecule has 0 atom stereocenters. The molecule has 0 saturated carbocycles. The van der Waals surface area contributed by atoms with Crippen molar-refractivity contribution in [2.24, 2.45) is 0 Å². The zero-order chi connectivity index (χ0) is 12.7. The number of ether oxygens (including phenoxy) is 3. The standard InChI is InChI=1S/C12H18ClNO3/c1-15-5-4-14-8-9-6-11(16-2)12(17-3)7-10(9)13/h6-7,14H,4-5,8H2,1-3H3. The second kappa shape index (κ2) is 7.37. The highest BCUT2D eigenvalue weighted by atomic mass is 35.5. The van der Waals surface area contributed by atoms with Crippen LogP contribution in [-0.2, 0) is 11.3 Å². The van der Waals surface area contributed by atoms with Crippen molar-refractivity contribution in [2.75, 3.05) is 34.5 Å². The van der Waals surface area contributed by atoms with Gasteiger partial charge in [0.1, 0.15) is 0 Å². The van der Waals surface area contributed by atoms with Gasteiger partial charge in [0, 0.05) is 31.3 Å². The quantitative estimate of drug-likeness (QED) is 0.762. The average Bonchev–Trinajstić information content (AvgIpc) is 2.35. The van der Waals surface area contributed by atoms with Crippen LogP contribution in [-0.4, -0.2) is 34.5 Å². The van der Waals surface area contributed by atoms with Gasteiger partial charge in [-0.1, -0.05) is 11.6 Å². The molecule has 5 heteroatoms. The third kappa shape index (κ3) is 4.07. The Morgan fingerprint density at radius 1 is 1.12 bits per heavy atom. The minimum atomic E-state index is 0.637. The van der Waals surface area contributed by atoms with Crippen molar-refractivity contribution >= 4 is 11.6 Å². The van der Waals surface area contributed by atoms with E-state index in [9.17, 15) is 0 Å². The van der Waals surface area contributed by atoms with Gasteiger partial charge in [0.25, 0.3) is 0 Å². The first-order valence-corrected chi connectivity index (χ1v) is 5.70. The Bertz CT molecular complexity index is 358. The summed E-state index contributed by atoms with van der Waals surface area (Å²) < 4.78 is 15.3. The molecule has 0 spiro atoms. The molecule has 1 rings (SSSR count). The number of hydrogen-bond acceptors (Lipinski definition) is 4. The van der Waals surface area contributed by atoms with E-state index in [1.165, 1.54) is 0 Å². The third-order valence-corrected chi connectivity index (χ3v) is 2.70. The first-order chi connectivity index (χ1) is 8.22. The molecule has 1 N–H and O–H groups in total. The Morgan fingerprint density at radius 3 is 2.35 bits per heavy atom. The molecule has 0 bridgehead atoms. The van der Waals surface area contributed by atoms with Crippen LogP contribution in [0.5, 0.6) is 11.5 Å². The van der Waals surface area contributed by atoms with Crippen LogP contribution in [0.1, 0.15) is 5.56 Å². The van der Waals surface area contributed by atoms with Crippen LogP contribution in [0.15, 0.2) is 12.1 Å². The van der Waals surface area contributed by atoms with Crippen LogP contribution < -0.4 is 14.8 Å². The van der Waals surface area contributed by atoms with E-state index >= 15 is 0 Å². The molecule has 1 aromatic rings. The molecule has 0 unspecified atom stereocenters. The predicted molar refractivity (Wildman–Crippen MR) is 68.1 cm³/mol. The summed E-state index contributed by atoms with van der Waals surface area (Å²) in [5.41, 5.74) is 0.973. The van der Waals surface area contributed by atoms with Gasteiger partial charge in [-0.05, 0) is 11.6 Å². The summed E-state index contributed by atoms with van der Waals surface area (Å²) in [6, 6.07) is 3.63. The highest BCUT2D eigenvalue weighted by molar-refractivity contribution is 6.31. The lowest BCUT2D eigenvalue weighted by molar-refractivity contribution is 0.199. The molecule has 0 aliphatic carbocycles. The van der Waals surface area contributed by atoms with Crippen LogP contribution in [0.4, 0.5) is 0 Å². The number of nitrogens with one attached hydrogen (secondary N) is 1. The molecule has 96 valence electrons. The molecule has 0 fully saturated rings. The van der Waals surface area contributed by atoms with Crippen molar-refractivity contribution in [3.05, 3.63) is 22.7 Å². The van der Waals surface area contributed by atoms with Crippen LogP contribution in [0.25, 0.3) is 0 Å². The van der Waals surface area contributed by atoms with Crippen molar-refractivity contribution in [1.82, 2.24) is 5.32 Å². The van der Waals surface area contributed by atoms with Crippen molar-refractivity contribution in [3.8, 4) is 11.5 Å². The van der Waals surface area contributed by atoms with Crippen LogP contribution in [0.2, 0.25) is 5.02 Å². The second-order valence-electron chi connectivity index (χ2n) is 3.47. The fourth-order valence-corrected chi connectivity index (χ4v) is 1.65. The van der Waals surface area contributed by atoms with Gasteiger partial charge in [-0.3, -0.25) is 0 Å². The summed E-state index contributed by atoms with van der Waals surface area (Å²) in [5.74, 6) is 1.32. The molecule has 0 saturated heterocycles. The van der Waals surface area contributed by atoms with E-state index in [2.05, 4.69) is 5.32 Å². The fraction of sp³-hybridized carbons (Fsp3) is 0.500. The van der Waals surface area contributed by atoms with Gasteiger partial charge in [-0.2, -0.15) is 0 Å². The maximum atomic E-state index is 6.14. The highest BCUT2D eigenvalue weighted by Gasteiger charge is 2.09. The summed E-state index contributed by atoms with van der Waals surface area (Å²) in [5, 5.41) is 3.89. The fourth-order valence-electron chi connectivity index (χ4n) is 1.43. The summed E-state index contributed by atoms with van der Waals surface area (Å²) in [7, 11) is 4.86. The van der Waals surface area contributed by atoms with E-state index in [4.69, 9.17) is 25.8 Å². The predicted octanol–water partition coefficient (Wildman–Crippen LogP) is 2.09. The lowest BCUT2D eigenvalue weighted by atomic mass is 10.2. The van der Waals surface area contributed by atoms with Gasteiger partial charge in [0.2, 0.25) is 0 Å². The Morgan fingerprint density at radius 2 is 1.76 bits per heavy atom. The van der Waals surface area contributed by atoms with Gasteiger partial charge >= 0.3 is 0 Å². The van der Waals surface area contributed by atoms with Crippen molar-refractivity contribution in [3.63, 3.8) is 0 Å². The Balaban J connectivity index is 2.71. The zero-order valence-electron chi connectivity index (χ0n) is 10.4. The zero-order valence-corrected chi connectivity index (χ0v) is 11.1. The Labute approximate surface area is 107 Å². The Kier molecular flexibility index (Phi) is 6.11. The molecular formula is C12H18ClNO3. The molecule has 0 heterocycles. The number of methoxy groups -OCH3 is 3. The van der Waals surface area contributed by atoms with Gasteiger partial charge in [-0.25, -0.2) is 0 Å². The first-order valence-electron chi connectivity index (χ1n) is 5.33. The first kappa shape index (κ1) is 14.1. The van der Waals surface area contributed by atoms with Crippen molar-refractivity contribution in [1.29, 1.82) is 0 Å². The molecular weight excluding hydrogens is 242 g/mol. The van der Waals surface area contributed by atoms with Crippen LogP contribution in [0, 0.1) is 0 Å². The average molecular weight is 260 g/mol. The summed E-state index contributed by atoms with van der Waals surface area (Å²) in [6.07, 6.45) is 0. The van der Waals surface area contributed by atoms with E-state index in [0.29, 0.717) is 29.7 Å². The van der Waals surface area contributed by atoms with E-state index in [1.807, 2.05) is 6.07 Å². The minimum absolute atomic E-state index is 0.637. The molecule has 17 heavy (non-hydrogen) atoms. The SMILES string of the molecule is COCCNCc1cc(OC)c(OC)cc1Cl. The van der Waals surface area contributed by atoms with Crippen LogP contribution >= 0.6 is 11.6 Å². The molecule has 1 aromatic carbocycles. The normalized spacial score (nSPS) is 10.4. The Hall–Kier alpha value is -0.970. The van der Waals surface area contributed by atoms with Crippen molar-refractivity contribution in [2.45, 2.75) is 6.54 Å².